The summed E-state index contributed by atoms with van der Waals surface area (Å²) in [6.45, 7) is 5.03. The number of amides is 1. The van der Waals surface area contributed by atoms with E-state index in [1.165, 1.54) is 16.7 Å². The molecule has 2 aliphatic rings. The Hall–Kier alpha value is -2.13. The largest absolute Gasteiger partial charge is 0.325 e. The molecule has 1 amide bonds. The lowest BCUT2D eigenvalue weighted by atomic mass is 9.72. The number of fused-ring (bicyclic) bond motifs is 2. The van der Waals surface area contributed by atoms with E-state index in [0.717, 1.165) is 38.2 Å². The minimum Gasteiger partial charge on any atom is -0.325 e. The Morgan fingerprint density at radius 2 is 1.78 bits per heavy atom. The van der Waals surface area contributed by atoms with Crippen molar-refractivity contribution < 1.29 is 4.79 Å². The molecular formula is C20H22N2O. The quantitative estimate of drug-likeness (QED) is 0.921. The van der Waals surface area contributed by atoms with Crippen molar-refractivity contribution in [2.75, 3.05) is 18.4 Å². The van der Waals surface area contributed by atoms with Gasteiger partial charge in [0.05, 0.1) is 5.41 Å². The lowest BCUT2D eigenvalue weighted by Crippen LogP contribution is -2.46. The molecule has 23 heavy (non-hydrogen) atoms. The molecule has 1 N–H and O–H groups in total. The topological polar surface area (TPSA) is 32.3 Å². The van der Waals surface area contributed by atoms with Gasteiger partial charge in [0.1, 0.15) is 0 Å². The van der Waals surface area contributed by atoms with E-state index in [-0.39, 0.29) is 11.3 Å². The van der Waals surface area contributed by atoms with Crippen molar-refractivity contribution in [3.8, 4) is 0 Å². The van der Waals surface area contributed by atoms with Crippen LogP contribution in [0, 0.1) is 6.92 Å². The van der Waals surface area contributed by atoms with Crippen molar-refractivity contribution in [1.82, 2.24) is 4.90 Å². The third-order valence-electron chi connectivity index (χ3n) is 5.39. The number of carbonyl (C=O) groups excluding carboxylic acids is 1. The second-order valence-corrected chi connectivity index (χ2v) is 6.80. The van der Waals surface area contributed by atoms with E-state index in [4.69, 9.17) is 0 Å². The third-order valence-corrected chi connectivity index (χ3v) is 5.39. The number of anilines is 1. The van der Waals surface area contributed by atoms with Crippen LogP contribution in [0.25, 0.3) is 0 Å². The first kappa shape index (κ1) is 14.5. The molecule has 3 heteroatoms. The van der Waals surface area contributed by atoms with Crippen molar-refractivity contribution >= 4 is 11.6 Å². The number of nitrogens with one attached hydrogen (secondary N) is 1. The lowest BCUT2D eigenvalue weighted by Gasteiger charge is -2.38. The third kappa shape index (κ3) is 2.36. The summed E-state index contributed by atoms with van der Waals surface area (Å²) >= 11 is 0. The van der Waals surface area contributed by atoms with E-state index in [1.54, 1.807) is 0 Å². The molecule has 118 valence electrons. The molecule has 2 aromatic rings. The Labute approximate surface area is 137 Å². The molecule has 0 bridgehead atoms. The van der Waals surface area contributed by atoms with E-state index < -0.39 is 0 Å². The van der Waals surface area contributed by atoms with Crippen molar-refractivity contribution in [2.45, 2.75) is 31.7 Å². The van der Waals surface area contributed by atoms with Crippen LogP contribution in [-0.4, -0.2) is 23.9 Å². The summed E-state index contributed by atoms with van der Waals surface area (Å²) in [5.74, 6) is 0.196. The molecular weight excluding hydrogens is 284 g/mol. The number of rotatable bonds is 2. The number of piperidine rings is 1. The molecule has 0 unspecified atom stereocenters. The Morgan fingerprint density at radius 1 is 1.04 bits per heavy atom. The van der Waals surface area contributed by atoms with Crippen LogP contribution in [0.15, 0.2) is 48.5 Å². The van der Waals surface area contributed by atoms with E-state index in [2.05, 4.69) is 53.5 Å². The van der Waals surface area contributed by atoms with Gasteiger partial charge in [-0.3, -0.25) is 9.69 Å². The number of hydrogen-bond acceptors (Lipinski definition) is 2. The van der Waals surface area contributed by atoms with Gasteiger partial charge in [0.25, 0.3) is 0 Å². The number of benzene rings is 2. The summed E-state index contributed by atoms with van der Waals surface area (Å²) in [5, 5.41) is 3.11. The highest BCUT2D eigenvalue weighted by atomic mass is 16.2. The Bertz CT molecular complexity index is 731. The number of nitrogens with zero attached hydrogens (tertiary/aromatic N) is 1. The minimum absolute atomic E-state index is 0.196. The van der Waals surface area contributed by atoms with Gasteiger partial charge in [0.2, 0.25) is 5.91 Å². The molecule has 0 saturated carbocycles. The summed E-state index contributed by atoms with van der Waals surface area (Å²) in [7, 11) is 0. The molecule has 1 fully saturated rings. The highest BCUT2D eigenvalue weighted by molar-refractivity contribution is 6.06. The minimum atomic E-state index is -0.312. The van der Waals surface area contributed by atoms with Crippen LogP contribution in [0.1, 0.15) is 29.5 Å². The zero-order chi connectivity index (χ0) is 15.9. The zero-order valence-corrected chi connectivity index (χ0v) is 13.5. The average Bonchev–Trinajstić information content (AvgIpc) is 2.84. The highest BCUT2D eigenvalue weighted by Crippen LogP contribution is 2.46. The number of likely N-dealkylation sites (tertiary alicyclic amines) is 1. The van der Waals surface area contributed by atoms with E-state index in [0.29, 0.717) is 0 Å². The SMILES string of the molecule is Cc1cccc2c1C1(CCN(Cc3ccccc3)CC1)C(=O)N2. The Kier molecular flexibility index (Phi) is 3.46. The van der Waals surface area contributed by atoms with Crippen LogP contribution >= 0.6 is 0 Å². The predicted molar refractivity (Wildman–Crippen MR) is 92.4 cm³/mol. The molecule has 4 rings (SSSR count). The molecule has 0 aromatic heterocycles. The van der Waals surface area contributed by atoms with Gasteiger partial charge in [-0.05, 0) is 55.6 Å². The Balaban J connectivity index is 1.55. The summed E-state index contributed by atoms with van der Waals surface area (Å²) < 4.78 is 0. The number of aryl methyl sites for hydroxylation is 1. The van der Waals surface area contributed by atoms with Crippen molar-refractivity contribution in [1.29, 1.82) is 0 Å². The van der Waals surface area contributed by atoms with E-state index in [9.17, 15) is 4.79 Å². The molecule has 3 nitrogen and oxygen atoms in total. The standard InChI is InChI=1S/C20H22N2O/c1-15-6-5-9-17-18(15)20(19(23)21-17)10-12-22(13-11-20)14-16-7-3-2-4-8-16/h2-9H,10-14H2,1H3,(H,21,23). The van der Waals surface area contributed by atoms with Crippen molar-refractivity contribution in [3.63, 3.8) is 0 Å². The maximum absolute atomic E-state index is 12.7. The van der Waals surface area contributed by atoms with Gasteiger partial charge >= 0.3 is 0 Å². The van der Waals surface area contributed by atoms with Crippen LogP contribution in [0.4, 0.5) is 5.69 Å². The fourth-order valence-electron chi connectivity index (χ4n) is 4.17. The van der Waals surface area contributed by atoms with Crippen LogP contribution in [0.2, 0.25) is 0 Å². The summed E-state index contributed by atoms with van der Waals surface area (Å²) in [6, 6.07) is 16.8. The van der Waals surface area contributed by atoms with E-state index in [1.807, 2.05) is 12.1 Å². The average molecular weight is 306 g/mol. The van der Waals surface area contributed by atoms with Gasteiger partial charge in [0, 0.05) is 12.2 Å². The predicted octanol–water partition coefficient (Wildman–Crippen LogP) is 3.48. The van der Waals surface area contributed by atoms with Gasteiger partial charge in [-0.2, -0.15) is 0 Å². The van der Waals surface area contributed by atoms with Gasteiger partial charge in [-0.25, -0.2) is 0 Å². The second kappa shape index (κ2) is 5.50. The maximum Gasteiger partial charge on any atom is 0.235 e. The van der Waals surface area contributed by atoms with Gasteiger partial charge in [-0.15, -0.1) is 0 Å². The molecule has 0 radical (unpaired) electrons. The molecule has 0 atom stereocenters. The lowest BCUT2D eigenvalue weighted by molar-refractivity contribution is -0.122. The monoisotopic (exact) mass is 306 g/mol. The number of hydrogen-bond donors (Lipinski definition) is 1. The molecule has 2 heterocycles. The van der Waals surface area contributed by atoms with Gasteiger partial charge < -0.3 is 5.32 Å². The van der Waals surface area contributed by atoms with Crippen molar-refractivity contribution in [2.24, 2.45) is 0 Å². The smallest absolute Gasteiger partial charge is 0.235 e. The fourth-order valence-corrected chi connectivity index (χ4v) is 4.17. The van der Waals surface area contributed by atoms with Gasteiger partial charge in [0.15, 0.2) is 0 Å². The fraction of sp³-hybridized carbons (Fsp3) is 0.350. The zero-order valence-electron chi connectivity index (χ0n) is 13.5. The summed E-state index contributed by atoms with van der Waals surface area (Å²) in [4.78, 5) is 15.2. The Morgan fingerprint density at radius 3 is 2.52 bits per heavy atom. The molecule has 1 saturated heterocycles. The molecule has 1 spiro atoms. The molecule has 0 aliphatic carbocycles. The van der Waals surface area contributed by atoms with Crippen LogP contribution in [0.3, 0.4) is 0 Å². The van der Waals surface area contributed by atoms with Crippen LogP contribution in [-0.2, 0) is 16.8 Å². The maximum atomic E-state index is 12.7. The van der Waals surface area contributed by atoms with Crippen LogP contribution < -0.4 is 5.32 Å². The van der Waals surface area contributed by atoms with Gasteiger partial charge in [-0.1, -0.05) is 42.5 Å². The van der Waals surface area contributed by atoms with E-state index >= 15 is 0 Å². The second-order valence-electron chi connectivity index (χ2n) is 6.80. The van der Waals surface area contributed by atoms with Crippen LogP contribution in [0.5, 0.6) is 0 Å². The normalized spacial score (nSPS) is 19.6. The molecule has 2 aromatic carbocycles. The first-order chi connectivity index (χ1) is 11.2. The van der Waals surface area contributed by atoms with Crippen molar-refractivity contribution in [3.05, 3.63) is 65.2 Å². The summed E-state index contributed by atoms with van der Waals surface area (Å²) in [5.41, 5.74) is 4.53. The molecule has 2 aliphatic heterocycles. The first-order valence-corrected chi connectivity index (χ1v) is 8.37. The first-order valence-electron chi connectivity index (χ1n) is 8.37. The number of carbonyl (C=O) groups is 1. The summed E-state index contributed by atoms with van der Waals surface area (Å²) in [6.07, 6.45) is 1.81. The highest BCUT2D eigenvalue weighted by Gasteiger charge is 2.48.